The number of halogens is 1. The number of benzene rings is 1. The van der Waals surface area contributed by atoms with E-state index < -0.39 is 26.1 Å². The molecule has 10 nitrogen and oxygen atoms in total. The van der Waals surface area contributed by atoms with E-state index in [-0.39, 0.29) is 12.3 Å². The highest BCUT2D eigenvalue weighted by Crippen LogP contribution is 2.59. The molecule has 12 heteroatoms. The van der Waals surface area contributed by atoms with E-state index in [1.54, 1.807) is 35.4 Å². The second-order valence-electron chi connectivity index (χ2n) is 8.29. The second kappa shape index (κ2) is 9.16. The summed E-state index contributed by atoms with van der Waals surface area (Å²) >= 11 is 0. The average molecular weight is 490 g/mol. The predicted molar refractivity (Wildman–Crippen MR) is 120 cm³/mol. The SMILES string of the molecule is CCC(OP1(=O)OOO1)C(F)C(C)n1cc2c3c(ncnc31)N(C(=O)c1ccccc1)CCC2. The second-order valence-corrected chi connectivity index (χ2v) is 9.69. The average Bonchev–Trinajstić information content (AvgIpc) is 3.11. The molecule has 4 heterocycles. The lowest BCUT2D eigenvalue weighted by molar-refractivity contribution is -0.500. The minimum Gasteiger partial charge on any atom is -0.326 e. The number of hydrogen-bond donors (Lipinski definition) is 0. The Kier molecular flexibility index (Phi) is 6.22. The first-order valence-corrected chi connectivity index (χ1v) is 12.6. The van der Waals surface area contributed by atoms with Gasteiger partial charge in [-0.25, -0.2) is 18.9 Å². The molecule has 0 bridgehead atoms. The highest BCUT2D eigenvalue weighted by atomic mass is 31.2. The third-order valence-electron chi connectivity index (χ3n) is 6.18. The van der Waals surface area contributed by atoms with E-state index in [4.69, 9.17) is 4.52 Å². The van der Waals surface area contributed by atoms with Crippen molar-refractivity contribution in [2.24, 2.45) is 0 Å². The lowest BCUT2D eigenvalue weighted by Crippen LogP contribution is -2.33. The van der Waals surface area contributed by atoms with E-state index >= 15 is 4.39 Å². The number of hydrogen-bond acceptors (Lipinski definition) is 8. The van der Waals surface area contributed by atoms with Gasteiger partial charge in [0.1, 0.15) is 30.1 Å². The maximum Gasteiger partial charge on any atom is 0.534 e. The Bertz CT molecular complexity index is 1250. The molecule has 2 aliphatic heterocycles. The zero-order chi connectivity index (χ0) is 23.9. The minimum absolute atomic E-state index is 0.149. The summed E-state index contributed by atoms with van der Waals surface area (Å²) in [5.74, 6) is 0.360. The molecule has 1 aromatic carbocycles. The van der Waals surface area contributed by atoms with Crippen molar-refractivity contribution in [3.05, 3.63) is 54.0 Å². The van der Waals surface area contributed by atoms with Gasteiger partial charge in [-0.3, -0.25) is 14.2 Å². The largest absolute Gasteiger partial charge is 0.534 e. The van der Waals surface area contributed by atoms with Crippen LogP contribution in [0.4, 0.5) is 10.2 Å². The molecule has 1 fully saturated rings. The first kappa shape index (κ1) is 23.1. The quantitative estimate of drug-likeness (QED) is 0.346. The zero-order valence-electron chi connectivity index (χ0n) is 18.7. The van der Waals surface area contributed by atoms with Crippen LogP contribution < -0.4 is 4.90 Å². The van der Waals surface area contributed by atoms with Crippen LogP contribution in [0, 0.1) is 0 Å². The number of alkyl halides is 1. The van der Waals surface area contributed by atoms with Crippen LogP contribution in [0.25, 0.3) is 11.0 Å². The highest BCUT2D eigenvalue weighted by molar-refractivity contribution is 7.48. The van der Waals surface area contributed by atoms with Gasteiger partial charge >= 0.3 is 7.82 Å². The lowest BCUT2D eigenvalue weighted by Gasteiger charge is -2.30. The molecule has 3 atom stereocenters. The van der Waals surface area contributed by atoms with Crippen molar-refractivity contribution >= 4 is 30.6 Å². The van der Waals surface area contributed by atoms with Gasteiger partial charge < -0.3 is 4.57 Å². The molecule has 0 aliphatic carbocycles. The number of aryl methyl sites for hydroxylation is 1. The molecule has 3 unspecified atom stereocenters. The number of nitrogens with zero attached hydrogens (tertiary/aromatic N) is 4. The molecule has 0 N–H and O–H groups in total. The Morgan fingerprint density at radius 2 is 2.03 bits per heavy atom. The number of phosphoric acid groups is 1. The van der Waals surface area contributed by atoms with Crippen molar-refractivity contribution in [3.63, 3.8) is 0 Å². The molecule has 3 aromatic rings. The van der Waals surface area contributed by atoms with Crippen LogP contribution in [0.2, 0.25) is 0 Å². The number of amides is 1. The third kappa shape index (κ3) is 4.03. The van der Waals surface area contributed by atoms with Crippen LogP contribution in [0.3, 0.4) is 0 Å². The topological polar surface area (TPSA) is 105 Å². The smallest absolute Gasteiger partial charge is 0.326 e. The van der Waals surface area contributed by atoms with Gasteiger partial charge in [-0.1, -0.05) is 34.5 Å². The molecule has 0 radical (unpaired) electrons. The van der Waals surface area contributed by atoms with E-state index in [0.29, 0.717) is 30.0 Å². The minimum atomic E-state index is -3.89. The molecule has 5 rings (SSSR count). The highest BCUT2D eigenvalue weighted by Gasteiger charge is 2.45. The molecule has 34 heavy (non-hydrogen) atoms. The van der Waals surface area contributed by atoms with Gasteiger partial charge in [0.15, 0.2) is 0 Å². The van der Waals surface area contributed by atoms with E-state index in [1.807, 2.05) is 24.4 Å². The third-order valence-corrected chi connectivity index (χ3v) is 7.20. The maximum absolute atomic E-state index is 15.6. The van der Waals surface area contributed by atoms with Crippen LogP contribution in [0.1, 0.15) is 48.7 Å². The Morgan fingerprint density at radius 1 is 1.26 bits per heavy atom. The lowest BCUT2D eigenvalue weighted by atomic mass is 10.1. The molecule has 1 amide bonds. The van der Waals surface area contributed by atoms with Gasteiger partial charge in [-0.15, -0.1) is 0 Å². The van der Waals surface area contributed by atoms with Gasteiger partial charge in [-0.05, 0) is 48.9 Å². The Labute approximate surface area is 195 Å². The van der Waals surface area contributed by atoms with Crippen molar-refractivity contribution in [1.29, 1.82) is 0 Å². The zero-order valence-corrected chi connectivity index (χ0v) is 19.6. The van der Waals surface area contributed by atoms with Gasteiger partial charge in [0.2, 0.25) is 0 Å². The molecule has 180 valence electrons. The Morgan fingerprint density at radius 3 is 2.71 bits per heavy atom. The molecule has 2 aliphatic rings. The van der Waals surface area contributed by atoms with E-state index in [0.717, 1.165) is 17.4 Å². The summed E-state index contributed by atoms with van der Waals surface area (Å²) in [7, 11) is -3.89. The fraction of sp³-hybridized carbons (Fsp3) is 0.409. The fourth-order valence-electron chi connectivity index (χ4n) is 4.42. The first-order chi connectivity index (χ1) is 16.4. The van der Waals surface area contributed by atoms with Crippen LogP contribution in [0.5, 0.6) is 0 Å². The van der Waals surface area contributed by atoms with Crippen molar-refractivity contribution in [2.45, 2.75) is 51.4 Å². The standard InChI is InChI=1S/C22H24FN4O6P/c1-3-17(30-34(29)32-31-33-34)19(23)14(2)27-12-16-10-7-11-26(20-18(16)21(27)25-13-24-20)22(28)15-8-5-4-6-9-15/h4-6,8-9,12-14,17,19H,3,7,10-11H2,1-2H3. The van der Waals surface area contributed by atoms with Crippen molar-refractivity contribution in [2.75, 3.05) is 11.4 Å². The molecular weight excluding hydrogens is 466 g/mol. The number of carbonyl (C=O) groups excluding carboxylic acids is 1. The van der Waals surface area contributed by atoms with Gasteiger partial charge in [0.25, 0.3) is 5.91 Å². The maximum atomic E-state index is 15.6. The van der Waals surface area contributed by atoms with Gasteiger partial charge in [0, 0.05) is 18.3 Å². The van der Waals surface area contributed by atoms with E-state index in [2.05, 4.69) is 24.4 Å². The summed E-state index contributed by atoms with van der Waals surface area (Å²) in [6.07, 6.45) is 2.26. The van der Waals surface area contributed by atoms with Gasteiger partial charge in [0.05, 0.1) is 11.4 Å². The molecular formula is C22H24FN4O6P. The number of aromatic nitrogens is 3. The van der Waals surface area contributed by atoms with Crippen molar-refractivity contribution < 1.29 is 32.7 Å². The fourth-order valence-corrected chi connectivity index (χ4v) is 5.25. The van der Waals surface area contributed by atoms with Crippen LogP contribution >= 0.6 is 7.82 Å². The molecule has 2 aromatic heterocycles. The monoisotopic (exact) mass is 490 g/mol. The summed E-state index contributed by atoms with van der Waals surface area (Å²) in [5.41, 5.74) is 2.02. The summed E-state index contributed by atoms with van der Waals surface area (Å²) in [5, 5.41) is 4.74. The Balaban J connectivity index is 1.50. The van der Waals surface area contributed by atoms with Crippen molar-refractivity contribution in [1.82, 2.24) is 14.5 Å². The molecule has 0 saturated carbocycles. The van der Waals surface area contributed by atoms with Gasteiger partial charge in [-0.2, -0.15) is 0 Å². The van der Waals surface area contributed by atoms with E-state index in [9.17, 15) is 9.36 Å². The van der Waals surface area contributed by atoms with Crippen molar-refractivity contribution in [3.8, 4) is 0 Å². The summed E-state index contributed by atoms with van der Waals surface area (Å²) in [6, 6.07) is 8.30. The Hall–Kier alpha value is -2.69. The molecule has 1 saturated heterocycles. The normalized spacial score (nSPS) is 19.8. The number of carbonyl (C=O) groups is 1. The predicted octanol–water partition coefficient (Wildman–Crippen LogP) is 4.72. The van der Waals surface area contributed by atoms with Crippen LogP contribution in [0.15, 0.2) is 42.9 Å². The van der Waals surface area contributed by atoms with E-state index in [1.165, 1.54) is 6.33 Å². The summed E-state index contributed by atoms with van der Waals surface area (Å²) < 4.78 is 43.3. The molecule has 0 spiro atoms. The number of rotatable bonds is 7. The summed E-state index contributed by atoms with van der Waals surface area (Å²) in [6.45, 7) is 3.91. The number of anilines is 1. The van der Waals surface area contributed by atoms with Crippen LogP contribution in [-0.4, -0.2) is 39.3 Å². The first-order valence-electron chi connectivity index (χ1n) is 11.1. The van der Waals surface area contributed by atoms with Crippen LogP contribution in [-0.2, 0) is 29.9 Å². The summed E-state index contributed by atoms with van der Waals surface area (Å²) in [4.78, 5) is 23.8.